The van der Waals surface area contributed by atoms with Crippen molar-refractivity contribution in [2.24, 2.45) is 0 Å². The van der Waals surface area contributed by atoms with E-state index in [9.17, 15) is 9.90 Å². The number of aliphatic hydroxyl groups is 1. The average molecular weight is 345 g/mol. The van der Waals surface area contributed by atoms with Crippen molar-refractivity contribution in [2.75, 3.05) is 19.6 Å². The van der Waals surface area contributed by atoms with Gasteiger partial charge in [0.1, 0.15) is 0 Å². The van der Waals surface area contributed by atoms with Crippen LogP contribution in [0.3, 0.4) is 0 Å². The van der Waals surface area contributed by atoms with E-state index in [1.54, 1.807) is 0 Å². The minimum Gasteiger partial charge on any atom is -0.387 e. The van der Waals surface area contributed by atoms with E-state index in [0.29, 0.717) is 6.04 Å². The Morgan fingerprint density at radius 1 is 1.16 bits per heavy atom. The molecule has 1 saturated carbocycles. The summed E-state index contributed by atoms with van der Waals surface area (Å²) in [6.45, 7) is 6.69. The number of hydrogen-bond donors (Lipinski definition) is 3. The molecular weight excluding hydrogens is 314 g/mol. The second-order valence-electron chi connectivity index (χ2n) is 7.71. The number of likely N-dealkylation sites (tertiary alicyclic amines) is 1. The zero-order chi connectivity index (χ0) is 17.8. The Morgan fingerprint density at radius 3 is 2.44 bits per heavy atom. The molecule has 0 radical (unpaired) electrons. The fourth-order valence-corrected chi connectivity index (χ4v) is 4.03. The minimum absolute atomic E-state index is 0.175. The number of rotatable bonds is 5. The van der Waals surface area contributed by atoms with Gasteiger partial charge in [-0.3, -0.25) is 0 Å². The number of urea groups is 1. The predicted molar refractivity (Wildman–Crippen MR) is 99.6 cm³/mol. The van der Waals surface area contributed by atoms with E-state index in [-0.39, 0.29) is 18.6 Å². The molecule has 1 aliphatic carbocycles. The van der Waals surface area contributed by atoms with Crippen molar-refractivity contribution in [3.05, 3.63) is 34.9 Å². The Bertz CT molecular complexity index is 572. The molecule has 2 fully saturated rings. The Morgan fingerprint density at radius 2 is 1.80 bits per heavy atom. The molecule has 1 saturated heterocycles. The quantitative estimate of drug-likeness (QED) is 0.769. The third-order valence-electron chi connectivity index (χ3n) is 5.44. The topological polar surface area (TPSA) is 64.6 Å². The van der Waals surface area contributed by atoms with E-state index in [1.807, 2.05) is 26.0 Å². The van der Waals surface area contributed by atoms with Crippen LogP contribution in [0, 0.1) is 13.8 Å². The number of piperidine rings is 1. The Kier molecular flexibility index (Phi) is 5.97. The van der Waals surface area contributed by atoms with E-state index >= 15 is 0 Å². The summed E-state index contributed by atoms with van der Waals surface area (Å²) in [5, 5.41) is 16.1. The average Bonchev–Trinajstić information content (AvgIpc) is 2.55. The molecule has 3 rings (SSSR count). The number of amides is 2. The maximum Gasteiger partial charge on any atom is 0.315 e. The lowest BCUT2D eigenvalue weighted by molar-refractivity contribution is 0.0809. The lowest BCUT2D eigenvalue weighted by Crippen LogP contribution is -2.56. The molecule has 138 valence electrons. The third kappa shape index (κ3) is 4.95. The van der Waals surface area contributed by atoms with Crippen molar-refractivity contribution < 1.29 is 9.90 Å². The highest BCUT2D eigenvalue weighted by Crippen LogP contribution is 2.28. The first-order valence-corrected chi connectivity index (χ1v) is 9.56. The molecule has 1 atom stereocenters. The second kappa shape index (κ2) is 8.19. The molecule has 0 spiro atoms. The standard InChI is InChI=1S/C20H31N3O2/c1-14-8-15(2)10-16(9-14)19(24)13-21-20(25)22-17-11-18(12-17)23-6-4-3-5-7-23/h8-10,17-19,24H,3-7,11-13H2,1-2H3,(H2,21,22,25). The normalized spacial score (nSPS) is 25.1. The van der Waals surface area contributed by atoms with E-state index in [2.05, 4.69) is 21.6 Å². The maximum absolute atomic E-state index is 12.1. The summed E-state index contributed by atoms with van der Waals surface area (Å²) in [4.78, 5) is 14.6. The molecule has 5 nitrogen and oxygen atoms in total. The van der Waals surface area contributed by atoms with Gasteiger partial charge >= 0.3 is 6.03 Å². The molecule has 1 aromatic carbocycles. The largest absolute Gasteiger partial charge is 0.387 e. The monoisotopic (exact) mass is 345 g/mol. The van der Waals surface area contributed by atoms with Crippen molar-refractivity contribution in [2.45, 2.75) is 64.1 Å². The van der Waals surface area contributed by atoms with Crippen LogP contribution in [0.5, 0.6) is 0 Å². The third-order valence-corrected chi connectivity index (χ3v) is 5.44. The van der Waals surface area contributed by atoms with Gasteiger partial charge in [0.2, 0.25) is 0 Å². The zero-order valence-corrected chi connectivity index (χ0v) is 15.4. The molecule has 25 heavy (non-hydrogen) atoms. The van der Waals surface area contributed by atoms with Gasteiger partial charge in [-0.25, -0.2) is 4.79 Å². The van der Waals surface area contributed by atoms with Gasteiger partial charge < -0.3 is 20.6 Å². The molecule has 1 aliphatic heterocycles. The summed E-state index contributed by atoms with van der Waals surface area (Å²) >= 11 is 0. The lowest BCUT2D eigenvalue weighted by atomic mass is 9.84. The maximum atomic E-state index is 12.1. The van der Waals surface area contributed by atoms with Crippen LogP contribution in [0.15, 0.2) is 18.2 Å². The number of aryl methyl sites for hydroxylation is 2. The van der Waals surface area contributed by atoms with Crippen LogP contribution in [0.25, 0.3) is 0 Å². The molecule has 0 bridgehead atoms. The molecule has 5 heteroatoms. The molecule has 2 aliphatic rings. The first kappa shape index (κ1) is 18.2. The molecule has 0 aromatic heterocycles. The minimum atomic E-state index is -0.674. The zero-order valence-electron chi connectivity index (χ0n) is 15.4. The van der Waals surface area contributed by atoms with Crippen molar-refractivity contribution in [3.63, 3.8) is 0 Å². The van der Waals surface area contributed by atoms with Crippen LogP contribution in [0.2, 0.25) is 0 Å². The molecule has 1 heterocycles. The van der Waals surface area contributed by atoms with Gasteiger partial charge in [-0.2, -0.15) is 0 Å². The van der Waals surface area contributed by atoms with Crippen molar-refractivity contribution >= 4 is 6.03 Å². The van der Waals surface area contributed by atoms with Crippen LogP contribution >= 0.6 is 0 Å². The highest BCUT2D eigenvalue weighted by molar-refractivity contribution is 5.74. The van der Waals surface area contributed by atoms with Crippen LogP contribution in [-0.2, 0) is 0 Å². The fourth-order valence-electron chi connectivity index (χ4n) is 4.03. The van der Waals surface area contributed by atoms with E-state index < -0.39 is 6.10 Å². The highest BCUT2D eigenvalue weighted by Gasteiger charge is 2.34. The van der Waals surface area contributed by atoms with Gasteiger partial charge in [0.25, 0.3) is 0 Å². The number of carbonyl (C=O) groups is 1. The van der Waals surface area contributed by atoms with Gasteiger partial charge in [0, 0.05) is 18.6 Å². The number of benzene rings is 1. The number of aliphatic hydroxyl groups excluding tert-OH is 1. The number of nitrogens with one attached hydrogen (secondary N) is 2. The number of carbonyl (C=O) groups excluding carboxylic acids is 1. The van der Waals surface area contributed by atoms with E-state index in [4.69, 9.17) is 0 Å². The van der Waals surface area contributed by atoms with Gasteiger partial charge in [-0.1, -0.05) is 35.7 Å². The summed E-state index contributed by atoms with van der Waals surface area (Å²) in [6.07, 6.45) is 5.40. The lowest BCUT2D eigenvalue weighted by Gasteiger charge is -2.44. The molecule has 1 unspecified atom stereocenters. The summed E-state index contributed by atoms with van der Waals surface area (Å²) in [7, 11) is 0. The van der Waals surface area contributed by atoms with E-state index in [0.717, 1.165) is 29.5 Å². The first-order valence-electron chi connectivity index (χ1n) is 9.56. The predicted octanol–water partition coefficient (Wildman–Crippen LogP) is 2.65. The van der Waals surface area contributed by atoms with E-state index in [1.165, 1.54) is 32.4 Å². The van der Waals surface area contributed by atoms with Gasteiger partial charge in [0.15, 0.2) is 0 Å². The molecule has 3 N–H and O–H groups in total. The smallest absolute Gasteiger partial charge is 0.315 e. The van der Waals surface area contributed by atoms with Crippen LogP contribution in [0.1, 0.15) is 54.9 Å². The van der Waals surface area contributed by atoms with Gasteiger partial charge in [-0.15, -0.1) is 0 Å². The van der Waals surface area contributed by atoms with Gasteiger partial charge in [-0.05, 0) is 58.2 Å². The molecular formula is C20H31N3O2. The van der Waals surface area contributed by atoms with Crippen LogP contribution in [0.4, 0.5) is 4.79 Å². The Labute approximate surface area is 150 Å². The summed E-state index contributed by atoms with van der Waals surface area (Å²) in [6, 6.07) is 6.74. The Hall–Kier alpha value is -1.59. The SMILES string of the molecule is Cc1cc(C)cc(C(O)CNC(=O)NC2CC(N3CCCCC3)C2)c1. The summed E-state index contributed by atoms with van der Waals surface area (Å²) in [5.74, 6) is 0. The van der Waals surface area contributed by atoms with Crippen molar-refractivity contribution in [1.82, 2.24) is 15.5 Å². The van der Waals surface area contributed by atoms with Crippen LogP contribution < -0.4 is 10.6 Å². The van der Waals surface area contributed by atoms with Crippen LogP contribution in [-0.4, -0.2) is 47.8 Å². The van der Waals surface area contributed by atoms with Crippen molar-refractivity contribution in [3.8, 4) is 0 Å². The van der Waals surface area contributed by atoms with Crippen molar-refractivity contribution in [1.29, 1.82) is 0 Å². The second-order valence-corrected chi connectivity index (χ2v) is 7.71. The summed E-state index contributed by atoms with van der Waals surface area (Å²) in [5.41, 5.74) is 3.10. The number of nitrogens with zero attached hydrogens (tertiary/aromatic N) is 1. The molecule has 2 amide bonds. The first-order chi connectivity index (χ1) is 12.0. The number of hydrogen-bond acceptors (Lipinski definition) is 3. The molecule has 1 aromatic rings. The Balaban J connectivity index is 1.37. The summed E-state index contributed by atoms with van der Waals surface area (Å²) < 4.78 is 0. The fraction of sp³-hybridized carbons (Fsp3) is 0.650. The highest BCUT2D eigenvalue weighted by atomic mass is 16.3. The van der Waals surface area contributed by atoms with Gasteiger partial charge in [0.05, 0.1) is 6.10 Å².